The van der Waals surface area contributed by atoms with Gasteiger partial charge in [0.15, 0.2) is 4.75 Å². The van der Waals surface area contributed by atoms with Gasteiger partial charge in [-0.05, 0) is 42.9 Å². The summed E-state index contributed by atoms with van der Waals surface area (Å²) < 4.78 is 42.9. The number of methoxy groups -OCH3 is 1. The van der Waals surface area contributed by atoms with Crippen molar-refractivity contribution in [2.45, 2.75) is 49.4 Å². The van der Waals surface area contributed by atoms with Crippen LogP contribution >= 0.6 is 0 Å². The van der Waals surface area contributed by atoms with Crippen LogP contribution in [0.15, 0.2) is 36.4 Å². The van der Waals surface area contributed by atoms with Crippen molar-refractivity contribution in [1.29, 1.82) is 0 Å². The van der Waals surface area contributed by atoms with Gasteiger partial charge in [0.1, 0.15) is 12.7 Å². The van der Waals surface area contributed by atoms with Gasteiger partial charge in [0.25, 0.3) is 0 Å². The number of rotatable bonds is 9. The van der Waals surface area contributed by atoms with E-state index in [4.69, 9.17) is 19.3 Å². The molecule has 4 rings (SSSR count). The number of aliphatic hydroxyl groups is 2. The number of nitrogens with zero attached hydrogens (tertiary/aromatic N) is 2. The first-order valence-electron chi connectivity index (χ1n) is 12.9. The lowest BCUT2D eigenvalue weighted by atomic mass is 9.88. The Bertz CT molecular complexity index is 1220. The van der Waals surface area contributed by atoms with Crippen LogP contribution in [0.1, 0.15) is 42.7 Å². The molecule has 0 aliphatic carbocycles. The topological polar surface area (TPSA) is 135 Å². The quantitative estimate of drug-likeness (QED) is 0.451. The summed E-state index contributed by atoms with van der Waals surface area (Å²) in [5.74, 6) is -0.149. The smallest absolute Gasteiger partial charge is 0.328 e. The number of aliphatic hydroxyl groups excluding tert-OH is 2. The molecule has 1 aromatic carbocycles. The number of aryl methyl sites for hydroxylation is 1. The summed E-state index contributed by atoms with van der Waals surface area (Å²) >= 11 is 0. The molecule has 208 valence electrons. The van der Waals surface area contributed by atoms with Gasteiger partial charge in [0.05, 0.1) is 19.4 Å². The van der Waals surface area contributed by atoms with Crippen LogP contribution in [-0.2, 0) is 24.3 Å². The van der Waals surface area contributed by atoms with Crippen LogP contribution in [0, 0.1) is 6.92 Å². The van der Waals surface area contributed by atoms with Crippen molar-refractivity contribution in [3.63, 3.8) is 0 Å². The molecule has 1 aromatic heterocycles. The summed E-state index contributed by atoms with van der Waals surface area (Å²) in [6, 6.07) is 11.6. The van der Waals surface area contributed by atoms with Crippen LogP contribution in [-0.4, -0.2) is 91.4 Å². The number of piperidine rings is 1. The van der Waals surface area contributed by atoms with Crippen LogP contribution in [0.25, 0.3) is 11.3 Å². The van der Waals surface area contributed by atoms with Crippen molar-refractivity contribution in [2.24, 2.45) is 0 Å². The van der Waals surface area contributed by atoms with Crippen LogP contribution < -0.4 is 4.74 Å². The van der Waals surface area contributed by atoms with E-state index in [0.717, 1.165) is 22.4 Å². The first-order valence-corrected chi connectivity index (χ1v) is 14.3. The Morgan fingerprint density at radius 1 is 1.21 bits per heavy atom. The van der Waals surface area contributed by atoms with E-state index in [1.807, 2.05) is 25.1 Å². The molecular formula is C27H36N2O8S. The molecule has 0 bridgehead atoms. The van der Waals surface area contributed by atoms with Crippen LogP contribution in [0.4, 0.5) is 0 Å². The fraction of sp³-hybridized carbons (Fsp3) is 0.556. The fourth-order valence-electron chi connectivity index (χ4n) is 5.24. The molecule has 0 amide bonds. The number of aromatic nitrogens is 1. The third-order valence-corrected chi connectivity index (χ3v) is 10.1. The standard InChI is InChI=1S/C27H36N2O8S/c1-19-16-21(6-7-23(19)24-4-3-5-25(28-24)37-18-22(31)17-30)20-8-12-29(13-9-20)38(33,34)27(26(32)35-2)10-14-36-15-11-27/h3-7,16,20,22,30-31H,8-15,17-18H2,1-2H3. The minimum atomic E-state index is -3.90. The van der Waals surface area contributed by atoms with Gasteiger partial charge in [-0.25, -0.2) is 17.7 Å². The first-order chi connectivity index (χ1) is 18.2. The van der Waals surface area contributed by atoms with Crippen molar-refractivity contribution >= 4 is 16.0 Å². The van der Waals surface area contributed by atoms with Crippen LogP contribution in [0.3, 0.4) is 0 Å². The predicted molar refractivity (Wildman–Crippen MR) is 140 cm³/mol. The van der Waals surface area contributed by atoms with Gasteiger partial charge in [-0.1, -0.05) is 24.3 Å². The average Bonchev–Trinajstić information content (AvgIpc) is 2.95. The zero-order valence-corrected chi connectivity index (χ0v) is 22.7. The molecule has 3 heterocycles. The Kier molecular flexibility index (Phi) is 9.04. The highest BCUT2D eigenvalue weighted by atomic mass is 32.2. The second kappa shape index (κ2) is 12.1. The van der Waals surface area contributed by atoms with Crippen LogP contribution in [0.2, 0.25) is 0 Å². The molecule has 10 nitrogen and oxygen atoms in total. The summed E-state index contributed by atoms with van der Waals surface area (Å²) in [5.41, 5.74) is 3.84. The lowest BCUT2D eigenvalue weighted by Gasteiger charge is -2.40. The number of hydrogen-bond donors (Lipinski definition) is 2. The van der Waals surface area contributed by atoms with Crippen molar-refractivity contribution in [1.82, 2.24) is 9.29 Å². The highest BCUT2D eigenvalue weighted by Gasteiger charge is 2.55. The SMILES string of the molecule is COC(=O)C1(S(=O)(=O)N2CCC(c3ccc(-c4cccc(OCC(O)CO)n4)c(C)c3)CC2)CCOCC1. The number of sulfonamides is 1. The zero-order chi connectivity index (χ0) is 27.3. The number of benzene rings is 1. The van der Waals surface area contributed by atoms with Gasteiger partial charge in [-0.3, -0.25) is 4.79 Å². The Labute approximate surface area is 223 Å². The lowest BCUT2D eigenvalue weighted by molar-refractivity contribution is -0.146. The van der Waals surface area contributed by atoms with Gasteiger partial charge in [0, 0.05) is 50.8 Å². The van der Waals surface area contributed by atoms with Gasteiger partial charge in [-0.15, -0.1) is 0 Å². The van der Waals surface area contributed by atoms with E-state index in [1.54, 1.807) is 6.07 Å². The third kappa shape index (κ3) is 5.72. The van der Waals surface area contributed by atoms with Gasteiger partial charge < -0.3 is 24.4 Å². The Morgan fingerprint density at radius 3 is 2.55 bits per heavy atom. The lowest BCUT2D eigenvalue weighted by Crippen LogP contribution is -2.57. The summed E-state index contributed by atoms with van der Waals surface area (Å²) in [6.45, 7) is 2.69. The maximum absolute atomic E-state index is 13.6. The predicted octanol–water partition coefficient (Wildman–Crippen LogP) is 2.02. The van der Waals surface area contributed by atoms with E-state index in [9.17, 15) is 18.3 Å². The Hall–Kier alpha value is -2.57. The highest BCUT2D eigenvalue weighted by molar-refractivity contribution is 7.91. The third-order valence-electron chi connectivity index (χ3n) is 7.50. The second-order valence-corrected chi connectivity index (χ2v) is 12.1. The van der Waals surface area contributed by atoms with Crippen molar-refractivity contribution in [3.05, 3.63) is 47.5 Å². The molecule has 2 saturated heterocycles. The van der Waals surface area contributed by atoms with E-state index in [2.05, 4.69) is 17.1 Å². The van der Waals surface area contributed by atoms with Crippen molar-refractivity contribution in [2.75, 3.05) is 46.6 Å². The van der Waals surface area contributed by atoms with E-state index in [1.165, 1.54) is 11.4 Å². The summed E-state index contributed by atoms with van der Waals surface area (Å²) in [5, 5.41) is 18.5. The minimum Gasteiger partial charge on any atom is -0.475 e. The number of pyridine rings is 1. The molecule has 2 aliphatic rings. The molecule has 0 spiro atoms. The van der Waals surface area contributed by atoms with Crippen molar-refractivity contribution < 1.29 is 37.6 Å². The number of carbonyl (C=O) groups excluding carboxylic acids is 1. The molecule has 11 heteroatoms. The van der Waals surface area contributed by atoms with E-state index < -0.39 is 26.8 Å². The average molecular weight is 549 g/mol. The fourth-order valence-corrected chi connectivity index (χ4v) is 7.40. The van der Waals surface area contributed by atoms with E-state index in [-0.39, 0.29) is 45.2 Å². The number of hydrogen-bond acceptors (Lipinski definition) is 9. The first kappa shape index (κ1) is 28.4. The molecular weight excluding hydrogens is 512 g/mol. The molecule has 2 aliphatic heterocycles. The number of carbonyl (C=O) groups is 1. The molecule has 1 unspecified atom stereocenters. The van der Waals surface area contributed by atoms with Gasteiger partial charge >= 0.3 is 5.97 Å². The molecule has 0 radical (unpaired) electrons. The Balaban J connectivity index is 1.45. The minimum absolute atomic E-state index is 0.0478. The molecule has 38 heavy (non-hydrogen) atoms. The van der Waals surface area contributed by atoms with E-state index in [0.29, 0.717) is 31.8 Å². The zero-order valence-electron chi connectivity index (χ0n) is 21.8. The molecule has 2 N–H and O–H groups in total. The normalized spacial score (nSPS) is 19.6. The Morgan fingerprint density at radius 2 is 1.92 bits per heavy atom. The van der Waals surface area contributed by atoms with E-state index >= 15 is 0 Å². The maximum atomic E-state index is 13.6. The summed E-state index contributed by atoms with van der Waals surface area (Å²) in [6.07, 6.45) is 0.544. The van der Waals surface area contributed by atoms with Crippen molar-refractivity contribution in [3.8, 4) is 17.1 Å². The molecule has 2 aromatic rings. The molecule has 0 saturated carbocycles. The molecule has 2 fully saturated rings. The monoisotopic (exact) mass is 548 g/mol. The van der Waals surface area contributed by atoms with Crippen LogP contribution in [0.5, 0.6) is 5.88 Å². The van der Waals surface area contributed by atoms with Gasteiger partial charge in [-0.2, -0.15) is 0 Å². The maximum Gasteiger partial charge on any atom is 0.328 e. The largest absolute Gasteiger partial charge is 0.475 e. The number of esters is 1. The highest BCUT2D eigenvalue weighted by Crippen LogP contribution is 2.38. The summed E-state index contributed by atoms with van der Waals surface area (Å²) in [4.78, 5) is 17.2. The number of ether oxygens (including phenoxy) is 3. The molecule has 1 atom stereocenters. The summed E-state index contributed by atoms with van der Waals surface area (Å²) in [7, 11) is -2.67. The second-order valence-electron chi connectivity index (χ2n) is 9.86. The van der Waals surface area contributed by atoms with Gasteiger partial charge in [0.2, 0.25) is 15.9 Å².